The summed E-state index contributed by atoms with van der Waals surface area (Å²) in [4.78, 5) is 1.09. The number of hydrogen-bond donors (Lipinski definition) is 2. The first kappa shape index (κ1) is 12.9. The average Bonchev–Trinajstić information content (AvgIpc) is 2.75. The Morgan fingerprint density at radius 2 is 1.94 bits per heavy atom. The van der Waals surface area contributed by atoms with Crippen LogP contribution < -0.4 is 5.32 Å². The largest absolute Gasteiger partial charge is 0.394 e. The molecular formula is C12H11BrClNOS. The van der Waals surface area contributed by atoms with Gasteiger partial charge in [0.15, 0.2) is 0 Å². The lowest BCUT2D eigenvalue weighted by Gasteiger charge is -2.16. The number of rotatable bonds is 4. The number of nitrogens with one attached hydrogen (secondary N) is 1. The summed E-state index contributed by atoms with van der Waals surface area (Å²) in [5.41, 5.74) is 0.943. The summed E-state index contributed by atoms with van der Waals surface area (Å²) in [5.74, 6) is 0. The zero-order valence-electron chi connectivity index (χ0n) is 8.86. The highest BCUT2D eigenvalue weighted by atomic mass is 79.9. The molecule has 2 aromatic rings. The fourth-order valence-corrected chi connectivity index (χ4v) is 3.06. The summed E-state index contributed by atoms with van der Waals surface area (Å²) in [5, 5.41) is 13.4. The standard InChI is InChI=1S/C12H11BrClNOS/c13-12-6-5-11(17-12)10(7-16)15-9-3-1-8(14)2-4-9/h1-6,10,15-16H,7H2. The van der Waals surface area contributed by atoms with Gasteiger partial charge in [0, 0.05) is 15.6 Å². The van der Waals surface area contributed by atoms with E-state index in [1.54, 1.807) is 11.3 Å². The van der Waals surface area contributed by atoms with Gasteiger partial charge < -0.3 is 10.4 Å². The maximum atomic E-state index is 9.41. The molecule has 2 rings (SSSR count). The molecule has 0 aliphatic rings. The van der Waals surface area contributed by atoms with Crippen LogP contribution in [0.3, 0.4) is 0 Å². The molecule has 1 atom stereocenters. The number of halogens is 2. The predicted molar refractivity (Wildman–Crippen MR) is 76.9 cm³/mol. The van der Waals surface area contributed by atoms with Gasteiger partial charge in [0.25, 0.3) is 0 Å². The van der Waals surface area contributed by atoms with Gasteiger partial charge >= 0.3 is 0 Å². The molecular weight excluding hydrogens is 322 g/mol. The smallest absolute Gasteiger partial charge is 0.0838 e. The Hall–Kier alpha value is -0.550. The number of anilines is 1. The first-order chi connectivity index (χ1) is 8.19. The van der Waals surface area contributed by atoms with Crippen LogP contribution in [0.1, 0.15) is 10.9 Å². The Morgan fingerprint density at radius 1 is 1.24 bits per heavy atom. The molecule has 1 aromatic heterocycles. The Kier molecular flexibility index (Phi) is 4.45. The predicted octanol–water partition coefficient (Wildman–Crippen LogP) is 4.31. The minimum absolute atomic E-state index is 0.0512. The summed E-state index contributed by atoms with van der Waals surface area (Å²) >= 11 is 10.8. The van der Waals surface area contributed by atoms with Crippen LogP contribution in [0, 0.1) is 0 Å². The van der Waals surface area contributed by atoms with Crippen molar-refractivity contribution < 1.29 is 5.11 Å². The number of aliphatic hydroxyl groups excluding tert-OH is 1. The maximum absolute atomic E-state index is 9.41. The van der Waals surface area contributed by atoms with Crippen LogP contribution in [0.25, 0.3) is 0 Å². The lowest BCUT2D eigenvalue weighted by Crippen LogP contribution is -2.13. The topological polar surface area (TPSA) is 32.3 Å². The first-order valence-corrected chi connectivity index (χ1v) is 7.06. The lowest BCUT2D eigenvalue weighted by atomic mass is 10.2. The zero-order valence-corrected chi connectivity index (χ0v) is 12.0. The van der Waals surface area contributed by atoms with Crippen LogP contribution in [0.15, 0.2) is 40.2 Å². The molecule has 0 spiro atoms. The van der Waals surface area contributed by atoms with E-state index in [0.29, 0.717) is 5.02 Å². The molecule has 0 bridgehead atoms. The number of aliphatic hydroxyl groups is 1. The minimum atomic E-state index is -0.0903. The molecule has 0 radical (unpaired) electrons. The van der Waals surface area contributed by atoms with E-state index in [1.165, 1.54) is 0 Å². The van der Waals surface area contributed by atoms with E-state index >= 15 is 0 Å². The molecule has 0 amide bonds. The monoisotopic (exact) mass is 331 g/mol. The van der Waals surface area contributed by atoms with Gasteiger partial charge in [-0.3, -0.25) is 0 Å². The van der Waals surface area contributed by atoms with Crippen LogP contribution in [0.2, 0.25) is 5.02 Å². The summed E-state index contributed by atoms with van der Waals surface area (Å²) in [6, 6.07) is 11.3. The van der Waals surface area contributed by atoms with Crippen LogP contribution >= 0.6 is 38.9 Å². The van der Waals surface area contributed by atoms with Crippen LogP contribution in [0.4, 0.5) is 5.69 Å². The molecule has 2 nitrogen and oxygen atoms in total. The fraction of sp³-hybridized carbons (Fsp3) is 0.167. The summed E-state index contributed by atoms with van der Waals surface area (Å²) in [6.45, 7) is 0.0512. The van der Waals surface area contributed by atoms with Gasteiger partial charge in [-0.25, -0.2) is 0 Å². The van der Waals surface area contributed by atoms with Crippen molar-refractivity contribution in [3.63, 3.8) is 0 Å². The summed E-state index contributed by atoms with van der Waals surface area (Å²) in [7, 11) is 0. The van der Waals surface area contributed by atoms with E-state index in [1.807, 2.05) is 36.4 Å². The molecule has 0 fully saturated rings. The SMILES string of the molecule is OCC(Nc1ccc(Cl)cc1)c1ccc(Br)s1. The van der Waals surface area contributed by atoms with Crippen molar-refractivity contribution in [3.05, 3.63) is 50.1 Å². The third-order valence-electron chi connectivity index (χ3n) is 2.31. The van der Waals surface area contributed by atoms with Crippen molar-refractivity contribution in [1.82, 2.24) is 0 Å². The third-order valence-corrected chi connectivity index (χ3v) is 4.29. The molecule has 90 valence electrons. The third kappa shape index (κ3) is 3.45. The highest BCUT2D eigenvalue weighted by molar-refractivity contribution is 9.11. The molecule has 1 unspecified atom stereocenters. The van der Waals surface area contributed by atoms with Crippen LogP contribution in [0.5, 0.6) is 0 Å². The maximum Gasteiger partial charge on any atom is 0.0838 e. The van der Waals surface area contributed by atoms with E-state index in [2.05, 4.69) is 21.2 Å². The van der Waals surface area contributed by atoms with Gasteiger partial charge in [-0.15, -0.1) is 11.3 Å². The van der Waals surface area contributed by atoms with Crippen molar-refractivity contribution in [2.75, 3.05) is 11.9 Å². The van der Waals surface area contributed by atoms with Gasteiger partial charge in [-0.1, -0.05) is 11.6 Å². The van der Waals surface area contributed by atoms with Crippen molar-refractivity contribution >= 4 is 44.6 Å². The van der Waals surface area contributed by atoms with Crippen molar-refractivity contribution in [1.29, 1.82) is 0 Å². The van der Waals surface area contributed by atoms with E-state index < -0.39 is 0 Å². The number of hydrogen-bond acceptors (Lipinski definition) is 3. The van der Waals surface area contributed by atoms with Gasteiger partial charge in [-0.05, 0) is 52.3 Å². The Balaban J connectivity index is 2.12. The van der Waals surface area contributed by atoms with Gasteiger partial charge in [0.1, 0.15) is 0 Å². The first-order valence-electron chi connectivity index (χ1n) is 5.07. The highest BCUT2D eigenvalue weighted by Gasteiger charge is 2.12. The normalized spacial score (nSPS) is 12.4. The van der Waals surface area contributed by atoms with E-state index in [9.17, 15) is 5.11 Å². The van der Waals surface area contributed by atoms with Crippen LogP contribution in [-0.4, -0.2) is 11.7 Å². The second-order valence-electron chi connectivity index (χ2n) is 3.53. The lowest BCUT2D eigenvalue weighted by molar-refractivity contribution is 0.278. The average molecular weight is 333 g/mol. The molecule has 17 heavy (non-hydrogen) atoms. The molecule has 2 N–H and O–H groups in total. The highest BCUT2D eigenvalue weighted by Crippen LogP contribution is 2.29. The number of benzene rings is 1. The Bertz CT molecular complexity index is 486. The van der Waals surface area contributed by atoms with E-state index in [-0.39, 0.29) is 12.6 Å². The summed E-state index contributed by atoms with van der Waals surface area (Å²) < 4.78 is 1.06. The molecule has 0 saturated carbocycles. The van der Waals surface area contributed by atoms with E-state index in [0.717, 1.165) is 14.4 Å². The Morgan fingerprint density at radius 3 is 2.47 bits per heavy atom. The van der Waals surface area contributed by atoms with Gasteiger partial charge in [-0.2, -0.15) is 0 Å². The summed E-state index contributed by atoms with van der Waals surface area (Å²) in [6.07, 6.45) is 0. The van der Waals surface area contributed by atoms with Crippen molar-refractivity contribution in [2.24, 2.45) is 0 Å². The Labute approximate surface area is 117 Å². The molecule has 1 heterocycles. The van der Waals surface area contributed by atoms with Crippen molar-refractivity contribution in [2.45, 2.75) is 6.04 Å². The van der Waals surface area contributed by atoms with Crippen molar-refractivity contribution in [3.8, 4) is 0 Å². The van der Waals surface area contributed by atoms with Gasteiger partial charge in [0.05, 0.1) is 16.4 Å². The quantitative estimate of drug-likeness (QED) is 0.874. The molecule has 5 heteroatoms. The second kappa shape index (κ2) is 5.87. The fourth-order valence-electron chi connectivity index (χ4n) is 1.47. The minimum Gasteiger partial charge on any atom is -0.394 e. The molecule has 1 aromatic carbocycles. The number of thiophene rings is 1. The molecule has 0 aliphatic carbocycles. The molecule has 0 saturated heterocycles. The molecule has 0 aliphatic heterocycles. The van der Waals surface area contributed by atoms with Gasteiger partial charge in [0.2, 0.25) is 0 Å². The van der Waals surface area contributed by atoms with E-state index in [4.69, 9.17) is 11.6 Å². The second-order valence-corrected chi connectivity index (χ2v) is 6.46. The zero-order chi connectivity index (χ0) is 12.3. The van der Waals surface area contributed by atoms with Crippen LogP contribution in [-0.2, 0) is 0 Å².